The molecule has 5 rings (SSSR count). The predicted molar refractivity (Wildman–Crippen MR) is 143 cm³/mol. The molecule has 1 aliphatic carbocycles. The lowest BCUT2D eigenvalue weighted by atomic mass is 9.76. The van der Waals surface area contributed by atoms with Gasteiger partial charge < -0.3 is 20.3 Å². The Kier molecular flexibility index (Phi) is 6.58. The van der Waals surface area contributed by atoms with Crippen LogP contribution in [0.25, 0.3) is 0 Å². The van der Waals surface area contributed by atoms with Gasteiger partial charge in [-0.25, -0.2) is 19.7 Å². The zero-order valence-electron chi connectivity index (χ0n) is 23.3. The van der Waals surface area contributed by atoms with Crippen molar-refractivity contribution >= 4 is 40.3 Å². The van der Waals surface area contributed by atoms with Gasteiger partial charge in [-0.05, 0) is 52.9 Å². The van der Waals surface area contributed by atoms with Crippen LogP contribution in [0.1, 0.15) is 73.1 Å². The van der Waals surface area contributed by atoms with Gasteiger partial charge in [-0.15, -0.1) is 0 Å². The summed E-state index contributed by atoms with van der Waals surface area (Å²) in [6.45, 7) is 4.44. The Labute approximate surface area is 227 Å². The number of nitrogens with one attached hydrogen (secondary N) is 2. The molecule has 2 aromatic rings. The maximum Gasteiger partial charge on any atom is 0.407 e. The number of carbonyl (C=O) groups is 1. The van der Waals surface area contributed by atoms with E-state index in [2.05, 4.69) is 25.5 Å². The fourth-order valence-electron chi connectivity index (χ4n) is 4.79. The highest BCUT2D eigenvalue weighted by molar-refractivity contribution is 7.85. The molecule has 200 valence electrons. The molecule has 1 saturated carbocycles. The fourth-order valence-corrected chi connectivity index (χ4v) is 6.20. The molecule has 0 bridgehead atoms. The molecule has 10 nitrogen and oxygen atoms in total. The van der Waals surface area contributed by atoms with Gasteiger partial charge in [0, 0.05) is 50.1 Å². The standard InChI is InChI=1S/C25H34ClN7O3S/c1-24(2,3)36-23(34)29-15-25(8-4-9-25)32-21-19-18(7-12-37(19)35)30-22(31-21)33-10-5-16(6-11-33)20-27-13-17(26)14-28-20/h13-14,16H,4-12,15H2,1-3H3,(H,29,34)(H,30,31,32)/t37-/m1/s1/i15D2. The Hall–Kier alpha value is -2.53. The van der Waals surface area contributed by atoms with Crippen LogP contribution in [0.4, 0.5) is 16.6 Å². The van der Waals surface area contributed by atoms with Crippen molar-refractivity contribution in [3.05, 3.63) is 28.9 Å². The average Bonchev–Trinajstić information content (AvgIpc) is 3.21. The van der Waals surface area contributed by atoms with Gasteiger partial charge in [0.2, 0.25) is 5.95 Å². The number of piperidine rings is 1. The molecule has 0 aromatic carbocycles. The summed E-state index contributed by atoms with van der Waals surface area (Å²) in [5, 5.41) is 6.23. The molecule has 3 aliphatic rings. The molecule has 2 fully saturated rings. The number of hydrogen-bond acceptors (Lipinski definition) is 9. The smallest absolute Gasteiger partial charge is 0.407 e. The van der Waals surface area contributed by atoms with E-state index in [1.807, 2.05) is 0 Å². The molecule has 2 aliphatic heterocycles. The first kappa shape index (κ1) is 23.6. The van der Waals surface area contributed by atoms with Crippen molar-refractivity contribution in [1.82, 2.24) is 25.3 Å². The first-order valence-corrected chi connectivity index (χ1v) is 14.4. The average molecular weight is 550 g/mol. The monoisotopic (exact) mass is 549 g/mol. The van der Waals surface area contributed by atoms with E-state index < -0.39 is 34.5 Å². The predicted octanol–water partition coefficient (Wildman–Crippen LogP) is 3.83. The van der Waals surface area contributed by atoms with Gasteiger partial charge in [0.15, 0.2) is 0 Å². The zero-order valence-corrected chi connectivity index (χ0v) is 22.9. The molecule has 2 aromatic heterocycles. The maximum absolute atomic E-state index is 12.9. The summed E-state index contributed by atoms with van der Waals surface area (Å²) in [6, 6.07) is 0. The van der Waals surface area contributed by atoms with Crippen molar-refractivity contribution in [2.45, 2.75) is 81.2 Å². The van der Waals surface area contributed by atoms with Gasteiger partial charge in [0.25, 0.3) is 0 Å². The van der Waals surface area contributed by atoms with E-state index in [1.54, 1.807) is 33.2 Å². The fraction of sp³-hybridized carbons (Fsp3) is 0.640. The van der Waals surface area contributed by atoms with Gasteiger partial charge in [-0.3, -0.25) is 4.21 Å². The Morgan fingerprint density at radius 2 is 1.97 bits per heavy atom. The normalized spacial score (nSPS) is 22.4. The van der Waals surface area contributed by atoms with Crippen LogP contribution >= 0.6 is 11.6 Å². The van der Waals surface area contributed by atoms with Crippen molar-refractivity contribution in [2.75, 3.05) is 35.6 Å². The molecular weight excluding hydrogens is 514 g/mol. The minimum absolute atomic E-state index is 0.211. The minimum atomic E-state index is -2.14. The van der Waals surface area contributed by atoms with Crippen LogP contribution in [-0.4, -0.2) is 66.7 Å². The highest BCUT2D eigenvalue weighted by atomic mass is 35.5. The van der Waals surface area contributed by atoms with Crippen LogP contribution in [0.3, 0.4) is 0 Å². The maximum atomic E-state index is 12.9. The lowest BCUT2D eigenvalue weighted by Crippen LogP contribution is -2.54. The second-order valence-corrected chi connectivity index (χ2v) is 12.7. The third kappa shape index (κ3) is 5.98. The molecule has 2 N–H and O–H groups in total. The molecule has 37 heavy (non-hydrogen) atoms. The first-order valence-electron chi connectivity index (χ1n) is 13.7. The van der Waals surface area contributed by atoms with Gasteiger partial charge >= 0.3 is 6.09 Å². The molecule has 0 radical (unpaired) electrons. The third-order valence-corrected chi connectivity index (χ3v) is 8.48. The zero-order chi connectivity index (χ0) is 28.0. The van der Waals surface area contributed by atoms with Crippen molar-refractivity contribution in [3.8, 4) is 0 Å². The number of anilines is 2. The number of carbonyl (C=O) groups excluding carboxylic acids is 1. The van der Waals surface area contributed by atoms with Gasteiger partial charge in [-0.1, -0.05) is 11.6 Å². The number of nitrogens with zero attached hydrogens (tertiary/aromatic N) is 5. The Bertz CT molecular complexity index is 1260. The Balaban J connectivity index is 1.37. The number of amides is 1. The van der Waals surface area contributed by atoms with Crippen molar-refractivity contribution < 1.29 is 16.5 Å². The van der Waals surface area contributed by atoms with E-state index in [0.29, 0.717) is 59.8 Å². The number of aromatic nitrogens is 4. The molecule has 1 atom stereocenters. The SMILES string of the molecule is [2H]C([2H])(NC(=O)OC(C)(C)C)C1(Nc2nc(N3CCC(c4ncc(Cl)cn4)CC3)nc3c2[S@](=O)CC3)CCC1. The molecule has 1 saturated heterocycles. The van der Waals surface area contributed by atoms with Gasteiger partial charge in [0.1, 0.15) is 22.1 Å². The lowest BCUT2D eigenvalue weighted by Gasteiger charge is -2.43. The summed E-state index contributed by atoms with van der Waals surface area (Å²) in [5.74, 6) is 2.35. The lowest BCUT2D eigenvalue weighted by molar-refractivity contribution is 0.0506. The number of fused-ring (bicyclic) bond motifs is 1. The summed E-state index contributed by atoms with van der Waals surface area (Å²) in [7, 11) is -1.29. The molecule has 0 unspecified atom stereocenters. The van der Waals surface area contributed by atoms with Crippen LogP contribution in [0.15, 0.2) is 17.3 Å². The molecule has 1 amide bonds. The van der Waals surface area contributed by atoms with Crippen molar-refractivity contribution in [3.63, 3.8) is 0 Å². The number of rotatable bonds is 6. The van der Waals surface area contributed by atoms with Crippen LogP contribution in [0.5, 0.6) is 0 Å². The van der Waals surface area contributed by atoms with E-state index in [0.717, 1.165) is 30.8 Å². The summed E-state index contributed by atoms with van der Waals surface area (Å²) < 4.78 is 35.8. The first-order chi connectivity index (χ1) is 18.4. The minimum Gasteiger partial charge on any atom is -0.444 e. The van der Waals surface area contributed by atoms with E-state index in [1.165, 1.54) is 0 Å². The number of ether oxygens (including phenoxy) is 1. The number of alkyl carbamates (subject to hydrolysis) is 1. The van der Waals surface area contributed by atoms with Crippen LogP contribution in [-0.2, 0) is 22.0 Å². The van der Waals surface area contributed by atoms with Gasteiger partial charge in [-0.2, -0.15) is 4.98 Å². The van der Waals surface area contributed by atoms with Crippen molar-refractivity contribution in [1.29, 1.82) is 0 Å². The van der Waals surface area contributed by atoms with Gasteiger partial charge in [0.05, 0.1) is 29.8 Å². The molecular formula is C25H34ClN7O3S. The second-order valence-electron chi connectivity index (χ2n) is 10.8. The summed E-state index contributed by atoms with van der Waals surface area (Å²) >= 11 is 5.94. The van der Waals surface area contributed by atoms with E-state index in [9.17, 15) is 9.00 Å². The molecule has 0 spiro atoms. The summed E-state index contributed by atoms with van der Waals surface area (Å²) in [4.78, 5) is 33.4. The topological polar surface area (TPSA) is 122 Å². The van der Waals surface area contributed by atoms with E-state index in [-0.39, 0.29) is 5.92 Å². The Morgan fingerprint density at radius 3 is 2.59 bits per heavy atom. The number of halogens is 1. The largest absolute Gasteiger partial charge is 0.444 e. The third-order valence-electron chi connectivity index (χ3n) is 6.83. The molecule has 4 heterocycles. The highest BCUT2D eigenvalue weighted by Crippen LogP contribution is 2.39. The summed E-state index contributed by atoms with van der Waals surface area (Å²) in [5.41, 5.74) is -1.15. The van der Waals surface area contributed by atoms with Crippen LogP contribution < -0.4 is 15.5 Å². The van der Waals surface area contributed by atoms with Crippen molar-refractivity contribution in [2.24, 2.45) is 0 Å². The highest BCUT2D eigenvalue weighted by Gasteiger charge is 2.40. The quantitative estimate of drug-likeness (QED) is 0.553. The van der Waals surface area contributed by atoms with Crippen LogP contribution in [0.2, 0.25) is 5.02 Å². The second kappa shape index (κ2) is 10.3. The number of aryl methyl sites for hydroxylation is 1. The Morgan fingerprint density at radius 1 is 1.27 bits per heavy atom. The van der Waals surface area contributed by atoms with E-state index >= 15 is 0 Å². The number of hydrogen-bond donors (Lipinski definition) is 2. The molecule has 12 heteroatoms. The van der Waals surface area contributed by atoms with Crippen LogP contribution in [0, 0.1) is 0 Å². The van der Waals surface area contributed by atoms with E-state index in [4.69, 9.17) is 29.0 Å². The summed E-state index contributed by atoms with van der Waals surface area (Å²) in [6.07, 6.45) is 6.35.